The summed E-state index contributed by atoms with van der Waals surface area (Å²) in [7, 11) is -2.96. The third-order valence-corrected chi connectivity index (χ3v) is 4.12. The number of hydrogen-bond donors (Lipinski definition) is 2. The third kappa shape index (κ3) is 3.63. The van der Waals surface area contributed by atoms with Crippen LogP contribution in [0.4, 0.5) is 10.7 Å². The Kier molecular flexibility index (Phi) is 4.40. The lowest BCUT2D eigenvalue weighted by Crippen LogP contribution is -2.07. The second kappa shape index (κ2) is 5.40. The fraction of sp³-hybridized carbons (Fsp3) is 0.429. The summed E-state index contributed by atoms with van der Waals surface area (Å²) < 4.78 is 34.7. The van der Waals surface area contributed by atoms with Gasteiger partial charge in [-0.25, -0.2) is 0 Å². The molecule has 0 saturated carbocycles. The van der Waals surface area contributed by atoms with Crippen LogP contribution in [-0.2, 0) is 14.9 Å². The van der Waals surface area contributed by atoms with Gasteiger partial charge in [-0.05, 0) is 0 Å². The molecule has 0 aliphatic carbocycles. The molecule has 0 saturated heterocycles. The summed E-state index contributed by atoms with van der Waals surface area (Å²) in [6.45, 7) is 0.610. The normalized spacial score (nSPS) is 11.4. The molecule has 0 aromatic carbocycles. The number of hydrogen-bond acceptors (Lipinski definition) is 7. The summed E-state index contributed by atoms with van der Waals surface area (Å²) in [5, 5.41) is 13.4. The smallest absolute Gasteiger partial charge is 0.304 e. The van der Waals surface area contributed by atoms with Gasteiger partial charge >= 0.3 is 15.8 Å². The number of anilines is 1. The molecule has 1 rings (SSSR count). The first-order valence-corrected chi connectivity index (χ1v) is 6.60. The zero-order valence-corrected chi connectivity index (χ0v) is 10.4. The Bertz CT molecular complexity index is 508. The van der Waals surface area contributed by atoms with E-state index in [2.05, 4.69) is 5.32 Å². The van der Waals surface area contributed by atoms with E-state index in [4.69, 9.17) is 9.29 Å². The van der Waals surface area contributed by atoms with Gasteiger partial charge < -0.3 is 10.1 Å². The van der Waals surface area contributed by atoms with E-state index < -0.39 is 24.9 Å². The lowest BCUT2D eigenvalue weighted by atomic mass is 10.5. The summed E-state index contributed by atoms with van der Waals surface area (Å²) in [6.07, 6.45) is 0. The first-order chi connectivity index (χ1) is 7.86. The highest BCUT2D eigenvalue weighted by atomic mass is 32.3. The van der Waals surface area contributed by atoms with Gasteiger partial charge in [-0.3, -0.25) is 14.7 Å². The number of nitrogens with one attached hydrogen (secondary N) is 1. The summed E-state index contributed by atoms with van der Waals surface area (Å²) in [5.41, 5.74) is -0.390. The molecule has 0 radical (unpaired) electrons. The molecule has 0 spiro atoms. The Hall–Kier alpha value is -1.23. The van der Waals surface area contributed by atoms with Gasteiger partial charge in [0.1, 0.15) is 0 Å². The molecule has 8 nitrogen and oxygen atoms in total. The van der Waals surface area contributed by atoms with E-state index in [1.54, 1.807) is 0 Å². The predicted octanol–water partition coefficient (Wildman–Crippen LogP) is 0.961. The first kappa shape index (κ1) is 13.8. The fourth-order valence-corrected chi connectivity index (χ4v) is 2.73. The quantitative estimate of drug-likeness (QED) is 0.345. The Morgan fingerprint density at radius 1 is 1.65 bits per heavy atom. The molecule has 0 amide bonds. The van der Waals surface area contributed by atoms with E-state index in [1.807, 2.05) is 0 Å². The van der Waals surface area contributed by atoms with Crippen molar-refractivity contribution < 1.29 is 22.6 Å². The number of nitrogens with zero attached hydrogens (tertiary/aromatic N) is 1. The third-order valence-electron chi connectivity index (χ3n) is 1.73. The summed E-state index contributed by atoms with van der Waals surface area (Å²) in [5.74, 6) is 0. The molecule has 0 bridgehead atoms. The number of nitro groups is 1. The predicted molar refractivity (Wildman–Crippen MR) is 61.2 cm³/mol. The van der Waals surface area contributed by atoms with Crippen molar-refractivity contribution in [1.82, 2.24) is 0 Å². The van der Waals surface area contributed by atoms with Crippen LogP contribution in [-0.4, -0.2) is 38.2 Å². The largest absolute Gasteiger partial charge is 0.383 e. The molecular weight excluding hydrogens is 272 g/mol. The lowest BCUT2D eigenvalue weighted by molar-refractivity contribution is -0.383. The van der Waals surface area contributed by atoms with Crippen LogP contribution in [0.1, 0.15) is 0 Å². The molecule has 10 heteroatoms. The van der Waals surface area contributed by atoms with Crippen LogP contribution in [0.15, 0.2) is 10.3 Å². The van der Waals surface area contributed by atoms with Crippen molar-refractivity contribution >= 4 is 32.1 Å². The Morgan fingerprint density at radius 3 is 2.76 bits per heavy atom. The van der Waals surface area contributed by atoms with Crippen molar-refractivity contribution in [3.63, 3.8) is 0 Å². The minimum atomic E-state index is -4.43. The molecule has 1 aromatic heterocycles. The molecule has 0 unspecified atom stereocenters. The average Bonchev–Trinajstić information content (AvgIpc) is 2.61. The maximum atomic E-state index is 10.8. The fourth-order valence-electron chi connectivity index (χ4n) is 1.02. The van der Waals surface area contributed by atoms with Crippen LogP contribution in [0.3, 0.4) is 0 Å². The topological polar surface area (TPSA) is 119 Å². The van der Waals surface area contributed by atoms with E-state index in [9.17, 15) is 18.5 Å². The van der Waals surface area contributed by atoms with Gasteiger partial charge in [-0.1, -0.05) is 11.3 Å². The number of methoxy groups -OCH3 is 1. The minimum absolute atomic E-state index is 0.0691. The van der Waals surface area contributed by atoms with Crippen molar-refractivity contribution in [2.45, 2.75) is 4.21 Å². The number of rotatable bonds is 6. The zero-order chi connectivity index (χ0) is 13.1. The minimum Gasteiger partial charge on any atom is -0.383 e. The molecule has 0 atom stereocenters. The van der Waals surface area contributed by atoms with E-state index in [-0.39, 0.29) is 5.00 Å². The van der Waals surface area contributed by atoms with Gasteiger partial charge in [0.05, 0.1) is 17.6 Å². The van der Waals surface area contributed by atoms with E-state index in [0.717, 1.165) is 6.07 Å². The summed E-state index contributed by atoms with van der Waals surface area (Å²) >= 11 is 0.599. The first-order valence-electron chi connectivity index (χ1n) is 4.34. The monoisotopic (exact) mass is 282 g/mol. The van der Waals surface area contributed by atoms with Crippen LogP contribution in [0, 0.1) is 10.1 Å². The second-order valence-electron chi connectivity index (χ2n) is 2.93. The van der Waals surface area contributed by atoms with Crippen LogP contribution in [0.25, 0.3) is 0 Å². The standard InChI is InChI=1S/C7H10N2O6S2/c1-15-3-2-8-7-5(9(10)11)4-6(16-7)17(12,13)14/h4,8H,2-3H2,1H3,(H,12,13,14). The maximum Gasteiger partial charge on any atom is 0.304 e. The van der Waals surface area contributed by atoms with Gasteiger partial charge in [0.25, 0.3) is 0 Å². The van der Waals surface area contributed by atoms with Crippen molar-refractivity contribution in [3.8, 4) is 0 Å². The van der Waals surface area contributed by atoms with E-state index in [0.29, 0.717) is 24.5 Å². The molecule has 96 valence electrons. The summed E-state index contributed by atoms with van der Waals surface area (Å²) in [6, 6.07) is 0.815. The Labute approximate surface area is 101 Å². The summed E-state index contributed by atoms with van der Waals surface area (Å²) in [4.78, 5) is 9.94. The SMILES string of the molecule is COCCNc1sc(S(=O)(=O)O)cc1[N+](=O)[O-]. The van der Waals surface area contributed by atoms with Gasteiger partial charge in [0.2, 0.25) is 0 Å². The highest BCUT2D eigenvalue weighted by Gasteiger charge is 2.24. The highest BCUT2D eigenvalue weighted by molar-refractivity contribution is 7.88. The van der Waals surface area contributed by atoms with E-state index >= 15 is 0 Å². The molecule has 17 heavy (non-hydrogen) atoms. The second-order valence-corrected chi connectivity index (χ2v) is 5.63. The molecule has 1 aromatic rings. The average molecular weight is 282 g/mol. The number of thiophene rings is 1. The molecule has 0 aliphatic rings. The molecule has 0 aliphatic heterocycles. The van der Waals surface area contributed by atoms with Crippen molar-refractivity contribution in [2.75, 3.05) is 25.6 Å². The van der Waals surface area contributed by atoms with Crippen LogP contribution in [0.2, 0.25) is 0 Å². The van der Waals surface area contributed by atoms with Crippen LogP contribution in [0.5, 0.6) is 0 Å². The van der Waals surface area contributed by atoms with Gasteiger partial charge in [0.15, 0.2) is 9.21 Å². The zero-order valence-electron chi connectivity index (χ0n) is 8.74. The lowest BCUT2D eigenvalue weighted by Gasteiger charge is -2.01. The van der Waals surface area contributed by atoms with Gasteiger partial charge in [0, 0.05) is 13.7 Å². The molecule has 2 N–H and O–H groups in total. The van der Waals surface area contributed by atoms with Gasteiger partial charge in [-0.2, -0.15) is 8.42 Å². The molecule has 1 heterocycles. The molecule has 0 fully saturated rings. The maximum absolute atomic E-state index is 10.8. The van der Waals surface area contributed by atoms with E-state index in [1.165, 1.54) is 7.11 Å². The van der Waals surface area contributed by atoms with Gasteiger partial charge in [-0.15, -0.1) is 0 Å². The van der Waals surface area contributed by atoms with Crippen LogP contribution >= 0.6 is 11.3 Å². The Balaban J connectivity index is 3.02. The number of ether oxygens (including phenoxy) is 1. The van der Waals surface area contributed by atoms with Crippen molar-refractivity contribution in [3.05, 3.63) is 16.2 Å². The van der Waals surface area contributed by atoms with Crippen molar-refractivity contribution in [2.24, 2.45) is 0 Å². The van der Waals surface area contributed by atoms with Crippen LogP contribution < -0.4 is 5.32 Å². The highest BCUT2D eigenvalue weighted by Crippen LogP contribution is 2.36. The molecular formula is C7H10N2O6S2. The Morgan fingerprint density at radius 2 is 2.29 bits per heavy atom. The van der Waals surface area contributed by atoms with Crippen molar-refractivity contribution in [1.29, 1.82) is 0 Å².